The van der Waals surface area contributed by atoms with Gasteiger partial charge in [-0.3, -0.25) is 9.59 Å². The van der Waals surface area contributed by atoms with Gasteiger partial charge in [0.2, 0.25) is 0 Å². The molecule has 0 spiro atoms. The van der Waals surface area contributed by atoms with Crippen molar-refractivity contribution in [2.24, 2.45) is 0 Å². The lowest BCUT2D eigenvalue weighted by molar-refractivity contribution is 0.0593. The third-order valence-electron chi connectivity index (χ3n) is 3.27. The van der Waals surface area contributed by atoms with Crippen LogP contribution in [-0.2, 0) is 11.3 Å². The molecule has 2 aromatic heterocycles. The van der Waals surface area contributed by atoms with Crippen molar-refractivity contribution >= 4 is 17.5 Å². The summed E-state index contributed by atoms with van der Waals surface area (Å²) in [4.78, 5) is 40.9. The van der Waals surface area contributed by atoms with E-state index in [4.69, 9.17) is 5.11 Å². The standard InChI is InChI=1S/C10H11NO3.C9H11NO2/c1-6-4-8(7(2)12)11-9(5-6)10(13)14-3;1-6-3-8(5-11)10-9(4-6)7(2)12/h4-5H,1-3H3;3-4,11H,5H2,1-2H3. The number of rotatable bonds is 4. The van der Waals surface area contributed by atoms with Crippen molar-refractivity contribution in [3.63, 3.8) is 0 Å². The number of Topliss-reactive ketones (excluding diaryl/α,β-unsaturated/α-hetero) is 2. The summed E-state index contributed by atoms with van der Waals surface area (Å²) in [6.07, 6.45) is 0. The molecule has 7 nitrogen and oxygen atoms in total. The Hall–Kier alpha value is -2.93. The van der Waals surface area contributed by atoms with Crippen LogP contribution in [0.25, 0.3) is 0 Å². The first-order valence-electron chi connectivity index (χ1n) is 7.85. The van der Waals surface area contributed by atoms with E-state index < -0.39 is 5.97 Å². The molecule has 0 aromatic carbocycles. The highest BCUT2D eigenvalue weighted by Crippen LogP contribution is 2.07. The van der Waals surface area contributed by atoms with E-state index in [-0.39, 0.29) is 29.6 Å². The number of pyridine rings is 2. The maximum atomic E-state index is 11.1. The highest BCUT2D eigenvalue weighted by molar-refractivity contribution is 5.94. The molecular formula is C19H22N2O5. The van der Waals surface area contributed by atoms with Crippen molar-refractivity contribution in [2.45, 2.75) is 34.3 Å². The number of hydrogen-bond donors (Lipinski definition) is 1. The zero-order valence-corrected chi connectivity index (χ0v) is 15.5. The SMILES string of the molecule is CC(=O)c1cc(C)cc(CO)n1.COC(=O)c1cc(C)cc(C(C)=O)n1. The second kappa shape index (κ2) is 9.53. The van der Waals surface area contributed by atoms with Crippen molar-refractivity contribution in [1.29, 1.82) is 0 Å². The Bertz CT molecular complexity index is 831. The lowest BCUT2D eigenvalue weighted by atomic mass is 10.2. The highest BCUT2D eigenvalue weighted by Gasteiger charge is 2.11. The second-order valence-corrected chi connectivity index (χ2v) is 5.70. The summed E-state index contributed by atoms with van der Waals surface area (Å²) in [6, 6.07) is 6.68. The van der Waals surface area contributed by atoms with Gasteiger partial charge in [-0.15, -0.1) is 0 Å². The van der Waals surface area contributed by atoms with E-state index in [9.17, 15) is 14.4 Å². The van der Waals surface area contributed by atoms with Gasteiger partial charge in [0.05, 0.1) is 19.4 Å². The lowest BCUT2D eigenvalue weighted by Crippen LogP contribution is -2.08. The molecule has 0 bridgehead atoms. The fourth-order valence-corrected chi connectivity index (χ4v) is 2.06. The minimum absolute atomic E-state index is 0.0756. The smallest absolute Gasteiger partial charge is 0.356 e. The molecule has 7 heteroatoms. The van der Waals surface area contributed by atoms with E-state index in [0.29, 0.717) is 11.4 Å². The van der Waals surface area contributed by atoms with Crippen molar-refractivity contribution in [3.8, 4) is 0 Å². The molecule has 0 unspecified atom stereocenters. The van der Waals surface area contributed by atoms with E-state index in [1.165, 1.54) is 21.0 Å². The van der Waals surface area contributed by atoms with Gasteiger partial charge in [-0.25, -0.2) is 14.8 Å². The van der Waals surface area contributed by atoms with Gasteiger partial charge >= 0.3 is 5.97 Å². The predicted octanol–water partition coefficient (Wildman–Crippen LogP) is 2.46. The van der Waals surface area contributed by atoms with Crippen LogP contribution in [0.2, 0.25) is 0 Å². The van der Waals surface area contributed by atoms with E-state index >= 15 is 0 Å². The fourth-order valence-electron chi connectivity index (χ4n) is 2.06. The van der Waals surface area contributed by atoms with Crippen LogP contribution in [-0.4, -0.2) is 39.7 Å². The molecule has 0 saturated carbocycles. The summed E-state index contributed by atoms with van der Waals surface area (Å²) in [5, 5.41) is 8.79. The van der Waals surface area contributed by atoms with Crippen molar-refractivity contribution in [3.05, 3.63) is 58.2 Å². The molecule has 0 amide bonds. The monoisotopic (exact) mass is 358 g/mol. The lowest BCUT2D eigenvalue weighted by Gasteiger charge is -2.02. The Morgan fingerprint density at radius 3 is 1.81 bits per heavy atom. The number of carbonyl (C=O) groups excluding carboxylic acids is 3. The van der Waals surface area contributed by atoms with Gasteiger partial charge in [-0.05, 0) is 49.2 Å². The number of methoxy groups -OCH3 is 1. The molecule has 1 N–H and O–H groups in total. The topological polar surface area (TPSA) is 106 Å². The number of carbonyl (C=O) groups is 3. The number of ether oxygens (including phenoxy) is 1. The first kappa shape index (κ1) is 21.1. The number of hydrogen-bond acceptors (Lipinski definition) is 7. The maximum absolute atomic E-state index is 11.1. The molecule has 2 heterocycles. The number of aromatic nitrogens is 2. The average Bonchev–Trinajstić information content (AvgIpc) is 2.60. The van der Waals surface area contributed by atoms with Gasteiger partial charge in [0.15, 0.2) is 11.6 Å². The molecule has 2 aromatic rings. The first-order chi connectivity index (χ1) is 12.2. The Balaban J connectivity index is 0.000000263. The summed E-state index contributed by atoms with van der Waals surface area (Å²) in [6.45, 7) is 6.40. The predicted molar refractivity (Wildman–Crippen MR) is 95.2 cm³/mol. The number of ketones is 2. The quantitative estimate of drug-likeness (QED) is 0.661. The van der Waals surface area contributed by atoms with Crippen molar-refractivity contribution in [1.82, 2.24) is 9.97 Å². The van der Waals surface area contributed by atoms with Gasteiger partial charge in [-0.2, -0.15) is 0 Å². The minimum atomic E-state index is -0.531. The maximum Gasteiger partial charge on any atom is 0.356 e. The number of nitrogens with zero attached hydrogens (tertiary/aromatic N) is 2. The second-order valence-electron chi connectivity index (χ2n) is 5.70. The van der Waals surface area contributed by atoms with Crippen LogP contribution < -0.4 is 0 Å². The Labute approximate surface area is 152 Å². The summed E-state index contributed by atoms with van der Waals surface area (Å²) >= 11 is 0. The molecule has 0 aliphatic rings. The third-order valence-corrected chi connectivity index (χ3v) is 3.27. The van der Waals surface area contributed by atoms with Crippen molar-refractivity contribution < 1.29 is 24.2 Å². The van der Waals surface area contributed by atoms with Crippen LogP contribution in [0.5, 0.6) is 0 Å². The minimum Gasteiger partial charge on any atom is -0.464 e. The number of aliphatic hydroxyl groups excluding tert-OH is 1. The van der Waals surface area contributed by atoms with Gasteiger partial charge in [-0.1, -0.05) is 0 Å². The van der Waals surface area contributed by atoms with Crippen LogP contribution in [0.3, 0.4) is 0 Å². The van der Waals surface area contributed by atoms with Crippen LogP contribution in [0.15, 0.2) is 24.3 Å². The average molecular weight is 358 g/mol. The zero-order chi connectivity index (χ0) is 19.9. The summed E-state index contributed by atoms with van der Waals surface area (Å²) in [5.41, 5.74) is 3.16. The molecule has 138 valence electrons. The Morgan fingerprint density at radius 2 is 1.35 bits per heavy atom. The van der Waals surface area contributed by atoms with E-state index in [1.807, 2.05) is 6.92 Å². The highest BCUT2D eigenvalue weighted by atomic mass is 16.5. The fraction of sp³-hybridized carbons (Fsp3) is 0.316. The summed E-state index contributed by atoms with van der Waals surface area (Å²) < 4.78 is 4.51. The van der Waals surface area contributed by atoms with Crippen LogP contribution in [0.4, 0.5) is 0 Å². The molecule has 0 aliphatic carbocycles. The summed E-state index contributed by atoms with van der Waals surface area (Å²) in [5.74, 6) is -0.775. The normalized spacial score (nSPS) is 9.77. The molecule has 0 atom stereocenters. The van der Waals surface area contributed by atoms with Gasteiger partial charge < -0.3 is 9.84 Å². The molecular weight excluding hydrogens is 336 g/mol. The van der Waals surface area contributed by atoms with Crippen LogP contribution in [0, 0.1) is 13.8 Å². The van der Waals surface area contributed by atoms with Crippen LogP contribution in [0.1, 0.15) is 62.1 Å². The van der Waals surface area contributed by atoms with E-state index in [2.05, 4.69) is 14.7 Å². The van der Waals surface area contributed by atoms with E-state index in [1.54, 1.807) is 31.2 Å². The third kappa shape index (κ3) is 6.18. The molecule has 0 fully saturated rings. The first-order valence-corrected chi connectivity index (χ1v) is 7.85. The van der Waals surface area contributed by atoms with Crippen molar-refractivity contribution in [2.75, 3.05) is 7.11 Å². The number of esters is 1. The van der Waals surface area contributed by atoms with E-state index in [0.717, 1.165) is 11.1 Å². The molecule has 2 rings (SSSR count). The number of aliphatic hydroxyl groups is 1. The largest absolute Gasteiger partial charge is 0.464 e. The Morgan fingerprint density at radius 1 is 0.885 bits per heavy atom. The molecule has 0 aliphatic heterocycles. The van der Waals surface area contributed by atoms with Gasteiger partial charge in [0.25, 0.3) is 0 Å². The Kier molecular flexibility index (Phi) is 7.74. The van der Waals surface area contributed by atoms with Gasteiger partial charge in [0, 0.05) is 13.8 Å². The van der Waals surface area contributed by atoms with Crippen LogP contribution >= 0.6 is 0 Å². The molecule has 0 radical (unpaired) electrons. The summed E-state index contributed by atoms with van der Waals surface area (Å²) in [7, 11) is 1.28. The molecule has 0 saturated heterocycles. The zero-order valence-electron chi connectivity index (χ0n) is 15.5. The van der Waals surface area contributed by atoms with Gasteiger partial charge in [0.1, 0.15) is 17.1 Å². The molecule has 26 heavy (non-hydrogen) atoms. The number of aryl methyl sites for hydroxylation is 2.